The molecule has 1 saturated carbocycles. The number of rotatable bonds is 10. The summed E-state index contributed by atoms with van der Waals surface area (Å²) in [5, 5.41) is 5.93. The van der Waals surface area contributed by atoms with Gasteiger partial charge >= 0.3 is 6.09 Å². The fraction of sp³-hybridized carbons (Fsp3) is 0.696. The maximum Gasteiger partial charge on any atom is 0.406 e. The number of alkyl carbamates (subject to hydrolysis) is 1. The molecule has 2 fully saturated rings. The molecule has 2 unspecified atom stereocenters. The first-order chi connectivity index (χ1) is 15.4. The number of methoxy groups -OCH3 is 1. The van der Waals surface area contributed by atoms with Gasteiger partial charge in [-0.05, 0) is 58.1 Å². The molecule has 0 bridgehead atoms. The highest BCUT2D eigenvalue weighted by molar-refractivity contribution is 5.82. The fourth-order valence-corrected chi connectivity index (χ4v) is 3.88. The number of carbonyl (C=O) groups is 2. The van der Waals surface area contributed by atoms with Gasteiger partial charge in [0.05, 0.1) is 25.9 Å². The van der Waals surface area contributed by atoms with Crippen LogP contribution in [0.5, 0.6) is 5.88 Å². The van der Waals surface area contributed by atoms with Crippen LogP contribution >= 0.6 is 0 Å². The number of hydrogen-bond acceptors (Lipinski definition) is 7. The maximum atomic E-state index is 13.3. The lowest BCUT2D eigenvalue weighted by atomic mass is 10.0. The Kier molecular flexibility index (Phi) is 8.69. The number of carbonyl (C=O) groups excluding carboxylic acids is 2. The molecule has 9 nitrogen and oxygen atoms in total. The number of ether oxygens (including phenoxy) is 3. The quantitative estimate of drug-likeness (QED) is 0.529. The average molecular weight is 449 g/mol. The molecule has 1 saturated heterocycles. The van der Waals surface area contributed by atoms with Gasteiger partial charge in [0.2, 0.25) is 5.88 Å². The summed E-state index contributed by atoms with van der Waals surface area (Å²) in [6.45, 7) is 8.35. The molecule has 0 radical (unpaired) electrons. The first-order valence-corrected chi connectivity index (χ1v) is 11.5. The summed E-state index contributed by atoms with van der Waals surface area (Å²) < 4.78 is 16.2. The Balaban J connectivity index is 1.76. The van der Waals surface area contributed by atoms with Crippen LogP contribution in [0.2, 0.25) is 0 Å². The van der Waals surface area contributed by atoms with E-state index in [2.05, 4.69) is 27.3 Å². The van der Waals surface area contributed by atoms with Crippen LogP contribution in [-0.2, 0) is 20.7 Å². The molecular formula is C23H36N4O5. The Labute approximate surface area is 190 Å². The highest BCUT2D eigenvalue weighted by atomic mass is 16.5. The molecule has 1 aromatic rings. The highest BCUT2D eigenvalue weighted by Gasteiger charge is 2.40. The number of morpholine rings is 1. The molecule has 178 valence electrons. The molecule has 2 atom stereocenters. The van der Waals surface area contributed by atoms with Gasteiger partial charge in [-0.2, -0.15) is 0 Å². The second-order valence-corrected chi connectivity index (χ2v) is 8.63. The molecule has 32 heavy (non-hydrogen) atoms. The van der Waals surface area contributed by atoms with E-state index in [1.54, 1.807) is 0 Å². The first-order valence-electron chi connectivity index (χ1n) is 11.5. The summed E-state index contributed by atoms with van der Waals surface area (Å²) in [6, 6.07) is 4.10. The number of pyridine rings is 1. The molecule has 3 rings (SSSR count). The third-order valence-corrected chi connectivity index (χ3v) is 5.60. The Morgan fingerprint density at radius 2 is 2.09 bits per heavy atom. The first kappa shape index (κ1) is 24.3. The number of hydrogen-bond donors (Lipinski definition) is 2. The van der Waals surface area contributed by atoms with Crippen molar-refractivity contribution in [2.45, 2.75) is 70.7 Å². The minimum absolute atomic E-state index is 0.00947. The number of aromatic nitrogens is 1. The molecule has 2 heterocycles. The second kappa shape index (κ2) is 11.5. The zero-order valence-corrected chi connectivity index (χ0v) is 19.6. The predicted molar refractivity (Wildman–Crippen MR) is 120 cm³/mol. The molecule has 2 N–H and O–H groups in total. The fourth-order valence-electron chi connectivity index (χ4n) is 3.88. The second-order valence-electron chi connectivity index (χ2n) is 8.63. The largest absolute Gasteiger partial charge is 0.475 e. The van der Waals surface area contributed by atoms with Crippen molar-refractivity contribution in [1.29, 1.82) is 0 Å². The van der Waals surface area contributed by atoms with Crippen LogP contribution < -0.4 is 15.4 Å². The van der Waals surface area contributed by atoms with Crippen molar-refractivity contribution in [2.75, 3.05) is 33.4 Å². The zero-order chi connectivity index (χ0) is 23.1. The topological polar surface area (TPSA) is 102 Å². The van der Waals surface area contributed by atoms with Crippen LogP contribution in [0.15, 0.2) is 12.1 Å². The number of aryl methyl sites for hydroxylation is 1. The highest BCUT2D eigenvalue weighted by Crippen LogP contribution is 2.36. The van der Waals surface area contributed by atoms with Gasteiger partial charge in [-0.25, -0.2) is 9.78 Å². The van der Waals surface area contributed by atoms with Gasteiger partial charge in [-0.1, -0.05) is 0 Å². The van der Waals surface area contributed by atoms with Crippen LogP contribution in [0.25, 0.3) is 0 Å². The van der Waals surface area contributed by atoms with E-state index in [1.165, 1.54) is 7.11 Å². The van der Waals surface area contributed by atoms with Crippen LogP contribution in [0.4, 0.5) is 4.79 Å². The standard InChI is InChI=1S/C23H36N4O5/c1-15(2)32-21-13-17(12-18(26-21)6-5-9-25-23(29)30-4)16(3)27(19-7-8-19)22(28)20-14-24-10-11-31-20/h12-13,15-16,19-20,24H,5-11,14H2,1-4H3,(H,25,29). The maximum absolute atomic E-state index is 13.3. The summed E-state index contributed by atoms with van der Waals surface area (Å²) >= 11 is 0. The van der Waals surface area contributed by atoms with E-state index >= 15 is 0 Å². The Bertz CT molecular complexity index is 778. The lowest BCUT2D eigenvalue weighted by molar-refractivity contribution is -0.148. The monoisotopic (exact) mass is 448 g/mol. The molecular weight excluding hydrogens is 412 g/mol. The van der Waals surface area contributed by atoms with E-state index in [1.807, 2.05) is 30.9 Å². The van der Waals surface area contributed by atoms with Gasteiger partial charge in [-0.3, -0.25) is 4.79 Å². The molecule has 9 heteroatoms. The molecule has 2 aliphatic rings. The SMILES string of the molecule is COC(=O)NCCCc1cc(C(C)N(C(=O)C2CNCCO2)C2CC2)cc(OC(C)C)n1. The van der Waals surface area contributed by atoms with Crippen molar-refractivity contribution in [3.8, 4) is 5.88 Å². The number of amides is 2. The molecule has 1 aromatic heterocycles. The van der Waals surface area contributed by atoms with Gasteiger partial charge in [-0.15, -0.1) is 0 Å². The van der Waals surface area contributed by atoms with Crippen LogP contribution in [0.3, 0.4) is 0 Å². The summed E-state index contributed by atoms with van der Waals surface area (Å²) in [5.74, 6) is 0.596. The Morgan fingerprint density at radius 1 is 1.31 bits per heavy atom. The lowest BCUT2D eigenvalue weighted by Gasteiger charge is -2.34. The minimum atomic E-state index is -0.442. The Morgan fingerprint density at radius 3 is 2.72 bits per heavy atom. The van der Waals surface area contributed by atoms with Gasteiger partial charge in [0.25, 0.3) is 5.91 Å². The summed E-state index contributed by atoms with van der Waals surface area (Å²) in [6.07, 6.45) is 2.53. The van der Waals surface area contributed by atoms with Crippen molar-refractivity contribution in [2.24, 2.45) is 0 Å². The van der Waals surface area contributed by atoms with Crippen molar-refractivity contribution in [3.05, 3.63) is 23.4 Å². The number of nitrogens with zero attached hydrogens (tertiary/aromatic N) is 2. The van der Waals surface area contributed by atoms with Gasteiger partial charge in [0.1, 0.15) is 6.10 Å². The van der Waals surface area contributed by atoms with Crippen molar-refractivity contribution in [3.63, 3.8) is 0 Å². The van der Waals surface area contributed by atoms with E-state index in [4.69, 9.17) is 9.47 Å². The Hall–Kier alpha value is -2.39. The van der Waals surface area contributed by atoms with Crippen molar-refractivity contribution < 1.29 is 23.8 Å². The predicted octanol–water partition coefficient (Wildman–Crippen LogP) is 2.20. The summed E-state index contributed by atoms with van der Waals surface area (Å²) in [4.78, 5) is 31.2. The van der Waals surface area contributed by atoms with Gasteiger partial charge in [0, 0.05) is 37.4 Å². The van der Waals surface area contributed by atoms with E-state index in [-0.39, 0.29) is 24.1 Å². The average Bonchev–Trinajstić information content (AvgIpc) is 3.61. The normalized spacial score (nSPS) is 19.3. The van der Waals surface area contributed by atoms with Crippen LogP contribution in [0, 0.1) is 0 Å². The van der Waals surface area contributed by atoms with Crippen molar-refractivity contribution >= 4 is 12.0 Å². The number of nitrogens with one attached hydrogen (secondary N) is 2. The van der Waals surface area contributed by atoms with E-state index in [0.717, 1.165) is 30.6 Å². The van der Waals surface area contributed by atoms with E-state index in [9.17, 15) is 9.59 Å². The van der Waals surface area contributed by atoms with Gasteiger partial charge < -0.3 is 29.7 Å². The molecule has 1 aliphatic carbocycles. The summed E-state index contributed by atoms with van der Waals surface area (Å²) in [7, 11) is 1.35. The van der Waals surface area contributed by atoms with Crippen LogP contribution in [0.1, 0.15) is 57.3 Å². The third kappa shape index (κ3) is 6.80. The summed E-state index contributed by atoms with van der Waals surface area (Å²) in [5.41, 5.74) is 1.87. The molecule has 2 amide bonds. The lowest BCUT2D eigenvalue weighted by Crippen LogP contribution is -2.50. The zero-order valence-electron chi connectivity index (χ0n) is 19.6. The van der Waals surface area contributed by atoms with Gasteiger partial charge in [0.15, 0.2) is 0 Å². The van der Waals surface area contributed by atoms with Crippen LogP contribution in [-0.4, -0.2) is 73.5 Å². The molecule has 0 aromatic carbocycles. The minimum Gasteiger partial charge on any atom is -0.475 e. The van der Waals surface area contributed by atoms with E-state index < -0.39 is 12.2 Å². The van der Waals surface area contributed by atoms with E-state index in [0.29, 0.717) is 38.4 Å². The van der Waals surface area contributed by atoms with Crippen molar-refractivity contribution in [1.82, 2.24) is 20.5 Å². The third-order valence-electron chi connectivity index (χ3n) is 5.60. The smallest absolute Gasteiger partial charge is 0.406 e. The molecule has 0 spiro atoms. The molecule has 1 aliphatic heterocycles.